The number of hydrogen-bond acceptors (Lipinski definition) is 4. The van der Waals surface area contributed by atoms with Gasteiger partial charge in [0.15, 0.2) is 0 Å². The van der Waals surface area contributed by atoms with E-state index in [0.717, 1.165) is 24.4 Å². The third-order valence-electron chi connectivity index (χ3n) is 5.16. The highest BCUT2D eigenvalue weighted by Gasteiger charge is 2.44. The van der Waals surface area contributed by atoms with E-state index in [1.165, 1.54) is 0 Å². The van der Waals surface area contributed by atoms with Crippen molar-refractivity contribution in [1.82, 2.24) is 20.1 Å². The Bertz CT molecular complexity index is 633. The fourth-order valence-corrected chi connectivity index (χ4v) is 3.50. The molecule has 1 aromatic heterocycles. The molecule has 2 aliphatic heterocycles. The molecule has 0 unspecified atom stereocenters. The molecule has 2 saturated heterocycles. The van der Waals surface area contributed by atoms with E-state index in [-0.39, 0.29) is 29.8 Å². The summed E-state index contributed by atoms with van der Waals surface area (Å²) in [6.07, 6.45) is 0.875. The first kappa shape index (κ1) is 16.9. The first-order valence-electron chi connectivity index (χ1n) is 8.75. The van der Waals surface area contributed by atoms with Crippen LogP contribution in [0, 0.1) is 12.8 Å². The van der Waals surface area contributed by atoms with Crippen LogP contribution >= 0.6 is 0 Å². The predicted octanol–water partition coefficient (Wildman–Crippen LogP) is 0.947. The lowest BCUT2D eigenvalue weighted by Crippen LogP contribution is -2.70. The second-order valence-electron chi connectivity index (χ2n) is 6.92. The van der Waals surface area contributed by atoms with Crippen LogP contribution < -0.4 is 5.32 Å². The average Bonchev–Trinajstić information content (AvgIpc) is 2.57. The first-order valence-corrected chi connectivity index (χ1v) is 8.75. The summed E-state index contributed by atoms with van der Waals surface area (Å²) in [6.45, 7) is 8.70. The van der Waals surface area contributed by atoms with Crippen LogP contribution in [0.15, 0.2) is 18.2 Å². The number of nitrogens with one attached hydrogen (secondary N) is 1. The molecule has 130 valence electrons. The fourth-order valence-electron chi connectivity index (χ4n) is 3.50. The Morgan fingerprint density at radius 1 is 1.33 bits per heavy atom. The summed E-state index contributed by atoms with van der Waals surface area (Å²) in [7, 11) is 0. The second kappa shape index (κ2) is 6.89. The molecule has 6 heteroatoms. The van der Waals surface area contributed by atoms with Gasteiger partial charge in [-0.15, -0.1) is 0 Å². The lowest BCUT2D eigenvalue weighted by molar-refractivity contribution is -0.154. The van der Waals surface area contributed by atoms with Crippen molar-refractivity contribution in [2.24, 2.45) is 5.92 Å². The molecule has 1 aromatic rings. The lowest BCUT2D eigenvalue weighted by atomic mass is 9.93. The number of fused-ring (bicyclic) bond motifs is 1. The van der Waals surface area contributed by atoms with Gasteiger partial charge in [-0.05, 0) is 25.0 Å². The zero-order valence-corrected chi connectivity index (χ0v) is 14.7. The highest BCUT2D eigenvalue weighted by atomic mass is 16.2. The Balaban J connectivity index is 1.68. The second-order valence-corrected chi connectivity index (χ2v) is 6.92. The molecule has 2 fully saturated rings. The van der Waals surface area contributed by atoms with Gasteiger partial charge in [-0.1, -0.05) is 26.3 Å². The third kappa shape index (κ3) is 3.29. The Kier molecular flexibility index (Phi) is 4.85. The van der Waals surface area contributed by atoms with E-state index in [1.807, 2.05) is 39.0 Å². The molecule has 1 N–H and O–H groups in total. The van der Waals surface area contributed by atoms with Crippen molar-refractivity contribution < 1.29 is 9.59 Å². The van der Waals surface area contributed by atoms with Crippen molar-refractivity contribution in [2.75, 3.05) is 19.6 Å². The zero-order valence-electron chi connectivity index (χ0n) is 14.7. The maximum atomic E-state index is 12.7. The SMILES string of the molecule is CC[C@H](C)[C@@H]1NC(=O)[C@H]2CN(Cc3cccc(C)n3)CCN2C1=O. The average molecular weight is 330 g/mol. The smallest absolute Gasteiger partial charge is 0.246 e. The van der Waals surface area contributed by atoms with Crippen molar-refractivity contribution in [1.29, 1.82) is 0 Å². The van der Waals surface area contributed by atoms with Crippen LogP contribution in [0.2, 0.25) is 0 Å². The number of carbonyl (C=O) groups excluding carboxylic acids is 2. The Morgan fingerprint density at radius 3 is 2.83 bits per heavy atom. The summed E-state index contributed by atoms with van der Waals surface area (Å²) < 4.78 is 0. The number of nitrogens with zero attached hydrogens (tertiary/aromatic N) is 3. The van der Waals surface area contributed by atoms with Gasteiger partial charge in [0.05, 0.1) is 5.69 Å². The van der Waals surface area contributed by atoms with Gasteiger partial charge in [-0.3, -0.25) is 19.5 Å². The zero-order chi connectivity index (χ0) is 17.3. The number of piperazine rings is 2. The molecule has 24 heavy (non-hydrogen) atoms. The van der Waals surface area contributed by atoms with Crippen LogP contribution in [0.3, 0.4) is 0 Å². The number of carbonyl (C=O) groups is 2. The van der Waals surface area contributed by atoms with Crippen LogP contribution in [-0.4, -0.2) is 58.3 Å². The number of rotatable bonds is 4. The molecule has 0 aromatic carbocycles. The van der Waals surface area contributed by atoms with Gasteiger partial charge in [0.1, 0.15) is 12.1 Å². The molecule has 3 heterocycles. The summed E-state index contributed by atoms with van der Waals surface area (Å²) in [6, 6.07) is 5.23. The number of aromatic nitrogens is 1. The van der Waals surface area contributed by atoms with Gasteiger partial charge in [0, 0.05) is 31.9 Å². The molecule has 0 saturated carbocycles. The Labute approximate surface area is 143 Å². The normalized spacial score (nSPS) is 26.0. The Hall–Kier alpha value is -1.95. The molecule has 0 bridgehead atoms. The maximum Gasteiger partial charge on any atom is 0.246 e. The molecular formula is C18H26N4O2. The van der Waals surface area contributed by atoms with E-state index in [9.17, 15) is 9.59 Å². The molecule has 0 radical (unpaired) electrons. The van der Waals surface area contributed by atoms with Crippen molar-refractivity contribution >= 4 is 11.8 Å². The molecule has 0 spiro atoms. The van der Waals surface area contributed by atoms with Crippen molar-refractivity contribution in [3.05, 3.63) is 29.6 Å². The van der Waals surface area contributed by atoms with Crippen LogP contribution in [0.5, 0.6) is 0 Å². The van der Waals surface area contributed by atoms with Gasteiger partial charge < -0.3 is 10.2 Å². The molecule has 2 amide bonds. The van der Waals surface area contributed by atoms with Crippen molar-refractivity contribution in [3.63, 3.8) is 0 Å². The molecular weight excluding hydrogens is 304 g/mol. The largest absolute Gasteiger partial charge is 0.342 e. The maximum absolute atomic E-state index is 12.7. The minimum Gasteiger partial charge on any atom is -0.342 e. The van der Waals surface area contributed by atoms with E-state index in [0.29, 0.717) is 19.6 Å². The van der Waals surface area contributed by atoms with E-state index in [2.05, 4.69) is 15.2 Å². The number of aryl methyl sites for hydroxylation is 1. The van der Waals surface area contributed by atoms with E-state index >= 15 is 0 Å². The van der Waals surface area contributed by atoms with Crippen molar-refractivity contribution in [3.8, 4) is 0 Å². The molecule has 6 nitrogen and oxygen atoms in total. The van der Waals surface area contributed by atoms with Gasteiger partial charge in [0.2, 0.25) is 11.8 Å². The van der Waals surface area contributed by atoms with Gasteiger partial charge in [-0.2, -0.15) is 0 Å². The minimum atomic E-state index is -0.378. The highest BCUT2D eigenvalue weighted by Crippen LogP contribution is 2.21. The van der Waals surface area contributed by atoms with Crippen LogP contribution in [0.4, 0.5) is 0 Å². The minimum absolute atomic E-state index is 0.0261. The monoisotopic (exact) mass is 330 g/mol. The fraction of sp³-hybridized carbons (Fsp3) is 0.611. The standard InChI is InChI=1S/C18H26N4O2/c1-4-12(2)16-18(24)22-9-8-21(11-15(22)17(23)20-16)10-14-7-5-6-13(3)19-14/h5-7,12,15-16H,4,8-11H2,1-3H3,(H,20,23)/t12-,15+,16-/m0/s1. The third-order valence-corrected chi connectivity index (χ3v) is 5.16. The predicted molar refractivity (Wildman–Crippen MR) is 91.1 cm³/mol. The number of pyridine rings is 1. The summed E-state index contributed by atoms with van der Waals surface area (Å²) in [4.78, 5) is 33.7. The highest BCUT2D eigenvalue weighted by molar-refractivity contribution is 5.97. The van der Waals surface area contributed by atoms with Gasteiger partial charge in [-0.25, -0.2) is 0 Å². The molecule has 3 rings (SSSR count). The molecule has 2 aliphatic rings. The number of amides is 2. The number of hydrogen-bond donors (Lipinski definition) is 1. The summed E-state index contributed by atoms with van der Waals surface area (Å²) in [5.74, 6) is 0.209. The van der Waals surface area contributed by atoms with Gasteiger partial charge in [0.25, 0.3) is 0 Å². The van der Waals surface area contributed by atoms with E-state index in [4.69, 9.17) is 0 Å². The van der Waals surface area contributed by atoms with E-state index < -0.39 is 0 Å². The van der Waals surface area contributed by atoms with Crippen LogP contribution in [-0.2, 0) is 16.1 Å². The van der Waals surface area contributed by atoms with Crippen molar-refractivity contribution in [2.45, 2.75) is 45.8 Å². The summed E-state index contributed by atoms with van der Waals surface area (Å²) >= 11 is 0. The molecule has 3 atom stereocenters. The summed E-state index contributed by atoms with van der Waals surface area (Å²) in [5.41, 5.74) is 2.00. The lowest BCUT2D eigenvalue weighted by Gasteiger charge is -2.46. The van der Waals surface area contributed by atoms with E-state index in [1.54, 1.807) is 4.90 Å². The quantitative estimate of drug-likeness (QED) is 0.893. The first-order chi connectivity index (χ1) is 11.5. The van der Waals surface area contributed by atoms with Gasteiger partial charge >= 0.3 is 0 Å². The Morgan fingerprint density at radius 2 is 2.12 bits per heavy atom. The van der Waals surface area contributed by atoms with Crippen LogP contribution in [0.1, 0.15) is 31.7 Å². The topological polar surface area (TPSA) is 65.5 Å². The summed E-state index contributed by atoms with van der Waals surface area (Å²) in [5, 5.41) is 2.94. The van der Waals surface area contributed by atoms with Crippen LogP contribution in [0.25, 0.3) is 0 Å². The molecule has 0 aliphatic carbocycles.